The van der Waals surface area contributed by atoms with Gasteiger partial charge in [-0.1, -0.05) is 103 Å². The minimum Gasteiger partial charge on any atom is -0.389 e. The summed E-state index contributed by atoms with van der Waals surface area (Å²) in [5.41, 5.74) is 0. The Morgan fingerprint density at radius 3 is 1.50 bits per heavy atom. The fourth-order valence-corrected chi connectivity index (χ4v) is 2.69. The molecule has 1 nitrogen and oxygen atoms in total. The molecule has 20 heavy (non-hydrogen) atoms. The molecular weight excluding hydrogens is 244 g/mol. The average Bonchev–Trinajstić information content (AvgIpc) is 2.44. The fourth-order valence-electron chi connectivity index (χ4n) is 2.69. The zero-order valence-electron chi connectivity index (χ0n) is 14.1. The SMILES string of the molecule is CC=CC(O)CCCCCCCCCCCCCCC. The van der Waals surface area contributed by atoms with Crippen LogP contribution in [0.15, 0.2) is 12.2 Å². The zero-order valence-corrected chi connectivity index (χ0v) is 14.1. The summed E-state index contributed by atoms with van der Waals surface area (Å²) < 4.78 is 0. The van der Waals surface area contributed by atoms with E-state index in [4.69, 9.17) is 0 Å². The van der Waals surface area contributed by atoms with E-state index in [9.17, 15) is 5.11 Å². The number of aliphatic hydroxyl groups excluding tert-OH is 1. The van der Waals surface area contributed by atoms with Gasteiger partial charge in [0.1, 0.15) is 0 Å². The highest BCUT2D eigenvalue weighted by atomic mass is 16.3. The molecule has 0 aromatic heterocycles. The Morgan fingerprint density at radius 2 is 1.10 bits per heavy atom. The molecule has 0 aromatic carbocycles. The van der Waals surface area contributed by atoms with Gasteiger partial charge in [0.15, 0.2) is 0 Å². The molecule has 0 saturated heterocycles. The first-order chi connectivity index (χ1) is 9.81. The quantitative estimate of drug-likeness (QED) is 0.272. The van der Waals surface area contributed by atoms with Crippen molar-refractivity contribution in [3.63, 3.8) is 0 Å². The second kappa shape index (κ2) is 16.8. The minimum absolute atomic E-state index is 0.215. The molecular formula is C19H38O. The lowest BCUT2D eigenvalue weighted by Gasteiger charge is -2.05. The number of aliphatic hydroxyl groups is 1. The normalized spacial score (nSPS) is 13.2. The molecule has 0 rings (SSSR count). The maximum absolute atomic E-state index is 9.54. The van der Waals surface area contributed by atoms with E-state index in [1.54, 1.807) is 0 Å². The van der Waals surface area contributed by atoms with E-state index < -0.39 is 0 Å². The van der Waals surface area contributed by atoms with Crippen LogP contribution in [-0.4, -0.2) is 11.2 Å². The summed E-state index contributed by atoms with van der Waals surface area (Å²) in [7, 11) is 0. The van der Waals surface area contributed by atoms with Crippen LogP contribution in [0, 0.1) is 0 Å². The number of allylic oxidation sites excluding steroid dienone is 1. The molecule has 0 radical (unpaired) electrons. The maximum Gasteiger partial charge on any atom is 0.0720 e. The van der Waals surface area contributed by atoms with Crippen molar-refractivity contribution in [1.29, 1.82) is 0 Å². The van der Waals surface area contributed by atoms with Gasteiger partial charge in [0.2, 0.25) is 0 Å². The van der Waals surface area contributed by atoms with Gasteiger partial charge in [-0.2, -0.15) is 0 Å². The summed E-state index contributed by atoms with van der Waals surface area (Å²) in [5.74, 6) is 0. The average molecular weight is 283 g/mol. The van der Waals surface area contributed by atoms with Crippen molar-refractivity contribution in [2.45, 2.75) is 110 Å². The third kappa shape index (κ3) is 15.8. The molecule has 1 atom stereocenters. The highest BCUT2D eigenvalue weighted by molar-refractivity contribution is 4.84. The van der Waals surface area contributed by atoms with Gasteiger partial charge >= 0.3 is 0 Å². The third-order valence-corrected chi connectivity index (χ3v) is 4.02. The van der Waals surface area contributed by atoms with Crippen LogP contribution in [0.1, 0.15) is 104 Å². The van der Waals surface area contributed by atoms with Crippen LogP contribution < -0.4 is 0 Å². The number of hydrogen-bond donors (Lipinski definition) is 1. The largest absolute Gasteiger partial charge is 0.389 e. The Balaban J connectivity index is 3.02. The van der Waals surface area contributed by atoms with Gasteiger partial charge in [-0.05, 0) is 13.3 Å². The van der Waals surface area contributed by atoms with Gasteiger partial charge < -0.3 is 5.11 Å². The molecule has 1 N–H and O–H groups in total. The van der Waals surface area contributed by atoms with E-state index in [0.29, 0.717) is 0 Å². The summed E-state index contributed by atoms with van der Waals surface area (Å²) in [4.78, 5) is 0. The van der Waals surface area contributed by atoms with Crippen LogP contribution in [0.5, 0.6) is 0 Å². The van der Waals surface area contributed by atoms with Crippen molar-refractivity contribution in [3.8, 4) is 0 Å². The lowest BCUT2D eigenvalue weighted by atomic mass is 10.0. The van der Waals surface area contributed by atoms with Crippen molar-refractivity contribution in [2.24, 2.45) is 0 Å². The molecule has 0 aliphatic heterocycles. The van der Waals surface area contributed by atoms with Crippen molar-refractivity contribution >= 4 is 0 Å². The van der Waals surface area contributed by atoms with Gasteiger partial charge in [0.25, 0.3) is 0 Å². The zero-order chi connectivity index (χ0) is 14.9. The molecule has 0 aliphatic carbocycles. The van der Waals surface area contributed by atoms with Crippen LogP contribution in [0.2, 0.25) is 0 Å². The molecule has 0 bridgehead atoms. The fraction of sp³-hybridized carbons (Fsp3) is 0.895. The molecule has 0 heterocycles. The smallest absolute Gasteiger partial charge is 0.0720 e. The first kappa shape index (κ1) is 19.7. The predicted octanol–water partition coefficient (Wildman–Crippen LogP) is 6.40. The lowest BCUT2D eigenvalue weighted by Crippen LogP contribution is -2.00. The Hall–Kier alpha value is -0.300. The Morgan fingerprint density at radius 1 is 0.700 bits per heavy atom. The summed E-state index contributed by atoms with van der Waals surface area (Å²) in [6, 6.07) is 0. The highest BCUT2D eigenvalue weighted by Gasteiger charge is 1.98. The molecule has 1 unspecified atom stereocenters. The standard InChI is InChI=1S/C19H38O/c1-3-5-6-7-8-9-10-11-12-13-14-15-16-18-19(20)17-4-2/h4,17,19-20H,3,5-16,18H2,1-2H3. The van der Waals surface area contributed by atoms with Crippen LogP contribution in [0.25, 0.3) is 0 Å². The first-order valence-electron chi connectivity index (χ1n) is 9.12. The summed E-state index contributed by atoms with van der Waals surface area (Å²) in [6.45, 7) is 4.24. The maximum atomic E-state index is 9.54. The monoisotopic (exact) mass is 282 g/mol. The number of unbranched alkanes of at least 4 members (excludes halogenated alkanes) is 12. The number of hydrogen-bond acceptors (Lipinski definition) is 1. The van der Waals surface area contributed by atoms with Crippen LogP contribution in [-0.2, 0) is 0 Å². The van der Waals surface area contributed by atoms with E-state index in [-0.39, 0.29) is 6.10 Å². The summed E-state index contributed by atoms with van der Waals surface area (Å²) in [5, 5.41) is 9.54. The lowest BCUT2D eigenvalue weighted by molar-refractivity contribution is 0.208. The van der Waals surface area contributed by atoms with Gasteiger partial charge in [0, 0.05) is 0 Å². The molecule has 120 valence electrons. The van der Waals surface area contributed by atoms with Crippen molar-refractivity contribution < 1.29 is 5.11 Å². The third-order valence-electron chi connectivity index (χ3n) is 4.02. The molecule has 0 aromatic rings. The van der Waals surface area contributed by atoms with Gasteiger partial charge in [0.05, 0.1) is 6.10 Å². The van der Waals surface area contributed by atoms with Crippen molar-refractivity contribution in [3.05, 3.63) is 12.2 Å². The van der Waals surface area contributed by atoms with Gasteiger partial charge in [-0.15, -0.1) is 0 Å². The molecule has 0 amide bonds. The predicted molar refractivity (Wildman–Crippen MR) is 91.1 cm³/mol. The van der Waals surface area contributed by atoms with E-state index in [1.807, 2.05) is 19.1 Å². The first-order valence-corrected chi connectivity index (χ1v) is 9.12. The van der Waals surface area contributed by atoms with E-state index in [1.165, 1.54) is 83.5 Å². The number of rotatable bonds is 15. The van der Waals surface area contributed by atoms with Crippen LogP contribution in [0.4, 0.5) is 0 Å². The highest BCUT2D eigenvalue weighted by Crippen LogP contribution is 2.13. The molecule has 0 spiro atoms. The summed E-state index contributed by atoms with van der Waals surface area (Å²) >= 11 is 0. The Labute approximate surface area is 127 Å². The minimum atomic E-state index is -0.215. The molecule has 0 aliphatic rings. The van der Waals surface area contributed by atoms with Gasteiger partial charge in [-0.3, -0.25) is 0 Å². The Kier molecular flexibility index (Phi) is 16.5. The molecule has 0 saturated carbocycles. The van der Waals surface area contributed by atoms with E-state index >= 15 is 0 Å². The molecule has 1 heteroatoms. The van der Waals surface area contributed by atoms with Crippen LogP contribution in [0.3, 0.4) is 0 Å². The van der Waals surface area contributed by atoms with Crippen molar-refractivity contribution in [2.75, 3.05) is 0 Å². The van der Waals surface area contributed by atoms with Crippen molar-refractivity contribution in [1.82, 2.24) is 0 Å². The van der Waals surface area contributed by atoms with E-state index in [0.717, 1.165) is 6.42 Å². The second-order valence-corrected chi connectivity index (χ2v) is 6.12. The van der Waals surface area contributed by atoms with E-state index in [2.05, 4.69) is 6.92 Å². The van der Waals surface area contributed by atoms with Gasteiger partial charge in [-0.25, -0.2) is 0 Å². The Bertz CT molecular complexity index is 198. The van der Waals surface area contributed by atoms with Crippen LogP contribution >= 0.6 is 0 Å². The summed E-state index contributed by atoms with van der Waals surface area (Å²) in [6.07, 6.45) is 22.5. The molecule has 0 fully saturated rings. The topological polar surface area (TPSA) is 20.2 Å². The second-order valence-electron chi connectivity index (χ2n) is 6.12.